The first-order valence-electron chi connectivity index (χ1n) is 4.40. The van der Waals surface area contributed by atoms with E-state index in [-0.39, 0.29) is 0 Å². The maximum absolute atomic E-state index is 5.56. The molecule has 0 aliphatic rings. The predicted octanol–water partition coefficient (Wildman–Crippen LogP) is 2.93. The molecule has 76 valence electrons. The molecule has 0 amide bonds. The lowest BCUT2D eigenvalue weighted by molar-refractivity contribution is 0.142. The molecule has 0 fully saturated rings. The predicted molar refractivity (Wildman–Crippen MR) is 60.1 cm³/mol. The highest BCUT2D eigenvalue weighted by Crippen LogP contribution is 2.07. The van der Waals surface area contributed by atoms with E-state index in [0.29, 0.717) is 13.2 Å². The molecule has 1 aromatic rings. The molecule has 0 spiro atoms. The van der Waals surface area contributed by atoms with Gasteiger partial charge in [-0.2, -0.15) is 0 Å². The molecule has 0 heterocycles. The number of halogens is 1. The molecule has 0 aromatic heterocycles. The standard InChI is InChI=1S/C11H14ClNO/c1-9(6-12)7-14-8-10-2-4-11(13)5-3-10/h2-6H,7-8,13H2,1H3/b9-6-. The summed E-state index contributed by atoms with van der Waals surface area (Å²) < 4.78 is 5.42. The molecule has 0 aliphatic heterocycles. The molecule has 0 atom stereocenters. The van der Waals surface area contributed by atoms with Crippen LogP contribution in [0.15, 0.2) is 35.4 Å². The van der Waals surface area contributed by atoms with Crippen LogP contribution in [0.4, 0.5) is 5.69 Å². The van der Waals surface area contributed by atoms with Gasteiger partial charge in [-0.15, -0.1) is 0 Å². The third-order valence-electron chi connectivity index (χ3n) is 1.76. The van der Waals surface area contributed by atoms with Crippen molar-refractivity contribution in [2.24, 2.45) is 0 Å². The largest absolute Gasteiger partial charge is 0.399 e. The minimum absolute atomic E-state index is 0.563. The van der Waals surface area contributed by atoms with E-state index in [1.807, 2.05) is 31.2 Å². The maximum Gasteiger partial charge on any atom is 0.0721 e. The summed E-state index contributed by atoms with van der Waals surface area (Å²) in [4.78, 5) is 0. The Morgan fingerprint density at radius 2 is 2.07 bits per heavy atom. The van der Waals surface area contributed by atoms with Gasteiger partial charge < -0.3 is 10.5 Å². The number of hydrogen-bond acceptors (Lipinski definition) is 2. The van der Waals surface area contributed by atoms with E-state index < -0.39 is 0 Å². The van der Waals surface area contributed by atoms with E-state index in [0.717, 1.165) is 16.8 Å². The number of nitrogens with two attached hydrogens (primary N) is 1. The molecule has 3 heteroatoms. The second-order valence-electron chi connectivity index (χ2n) is 3.19. The molecular weight excluding hydrogens is 198 g/mol. The molecule has 1 rings (SSSR count). The minimum atomic E-state index is 0.563. The van der Waals surface area contributed by atoms with Crippen molar-refractivity contribution in [2.75, 3.05) is 12.3 Å². The van der Waals surface area contributed by atoms with Crippen molar-refractivity contribution in [1.82, 2.24) is 0 Å². The first-order valence-corrected chi connectivity index (χ1v) is 4.84. The molecule has 0 unspecified atom stereocenters. The number of ether oxygens (including phenoxy) is 1. The van der Waals surface area contributed by atoms with Crippen molar-refractivity contribution in [3.8, 4) is 0 Å². The summed E-state index contributed by atoms with van der Waals surface area (Å²) in [5.41, 5.74) is 9.99. The fourth-order valence-electron chi connectivity index (χ4n) is 0.975. The Morgan fingerprint density at radius 3 is 2.64 bits per heavy atom. The quantitative estimate of drug-likeness (QED) is 0.778. The van der Waals surface area contributed by atoms with Gasteiger partial charge in [0.2, 0.25) is 0 Å². The van der Waals surface area contributed by atoms with Gasteiger partial charge in [0.1, 0.15) is 0 Å². The number of anilines is 1. The number of hydrogen-bond donors (Lipinski definition) is 1. The van der Waals surface area contributed by atoms with E-state index in [1.165, 1.54) is 5.54 Å². The van der Waals surface area contributed by atoms with Crippen LogP contribution in [-0.2, 0) is 11.3 Å². The Morgan fingerprint density at radius 1 is 1.43 bits per heavy atom. The lowest BCUT2D eigenvalue weighted by Crippen LogP contribution is -1.96. The SMILES string of the molecule is C/C(=C/Cl)COCc1ccc(N)cc1. The minimum Gasteiger partial charge on any atom is -0.399 e. The van der Waals surface area contributed by atoms with Gasteiger partial charge >= 0.3 is 0 Å². The second-order valence-corrected chi connectivity index (χ2v) is 3.41. The van der Waals surface area contributed by atoms with Crippen LogP contribution >= 0.6 is 11.6 Å². The Balaban J connectivity index is 2.35. The number of rotatable bonds is 4. The second kappa shape index (κ2) is 5.68. The van der Waals surface area contributed by atoms with E-state index in [9.17, 15) is 0 Å². The third-order valence-corrected chi connectivity index (χ3v) is 2.14. The van der Waals surface area contributed by atoms with Crippen LogP contribution in [0.3, 0.4) is 0 Å². The van der Waals surface area contributed by atoms with Crippen LogP contribution in [0.1, 0.15) is 12.5 Å². The van der Waals surface area contributed by atoms with Crippen molar-refractivity contribution in [3.05, 3.63) is 40.9 Å². The van der Waals surface area contributed by atoms with Gasteiger partial charge in [0, 0.05) is 11.2 Å². The summed E-state index contributed by atoms with van der Waals surface area (Å²) in [6.07, 6.45) is 0. The maximum atomic E-state index is 5.56. The van der Waals surface area contributed by atoms with Gasteiger partial charge in [-0.3, -0.25) is 0 Å². The topological polar surface area (TPSA) is 35.2 Å². The Labute approximate surface area is 89.3 Å². The Hall–Kier alpha value is -0.990. The molecule has 14 heavy (non-hydrogen) atoms. The lowest BCUT2D eigenvalue weighted by atomic mass is 10.2. The van der Waals surface area contributed by atoms with Crippen LogP contribution in [0.5, 0.6) is 0 Å². The van der Waals surface area contributed by atoms with Crippen molar-refractivity contribution >= 4 is 17.3 Å². The van der Waals surface area contributed by atoms with E-state index in [4.69, 9.17) is 22.1 Å². The lowest BCUT2D eigenvalue weighted by Gasteiger charge is -2.04. The number of benzene rings is 1. The van der Waals surface area contributed by atoms with E-state index in [2.05, 4.69) is 0 Å². The van der Waals surface area contributed by atoms with Crippen LogP contribution in [-0.4, -0.2) is 6.61 Å². The zero-order chi connectivity index (χ0) is 10.4. The van der Waals surface area contributed by atoms with Gasteiger partial charge in [-0.1, -0.05) is 23.7 Å². The number of nitrogen functional groups attached to an aromatic ring is 1. The normalized spacial score (nSPS) is 11.7. The first-order chi connectivity index (χ1) is 6.72. The molecule has 2 nitrogen and oxygen atoms in total. The van der Waals surface area contributed by atoms with Crippen LogP contribution in [0.25, 0.3) is 0 Å². The fraction of sp³-hybridized carbons (Fsp3) is 0.273. The van der Waals surface area contributed by atoms with Gasteiger partial charge in [0.05, 0.1) is 13.2 Å². The molecule has 0 bridgehead atoms. The van der Waals surface area contributed by atoms with E-state index in [1.54, 1.807) is 0 Å². The Kier molecular flexibility index (Phi) is 4.50. The van der Waals surface area contributed by atoms with Crippen LogP contribution in [0, 0.1) is 0 Å². The summed E-state index contributed by atoms with van der Waals surface area (Å²) in [5, 5.41) is 0. The average molecular weight is 212 g/mol. The monoisotopic (exact) mass is 211 g/mol. The van der Waals surface area contributed by atoms with Gasteiger partial charge in [0.25, 0.3) is 0 Å². The van der Waals surface area contributed by atoms with Gasteiger partial charge in [-0.05, 0) is 30.2 Å². The zero-order valence-corrected chi connectivity index (χ0v) is 8.92. The highest BCUT2D eigenvalue weighted by atomic mass is 35.5. The summed E-state index contributed by atoms with van der Waals surface area (Å²) >= 11 is 5.50. The summed E-state index contributed by atoms with van der Waals surface area (Å²) in [5.74, 6) is 0. The molecule has 0 aliphatic carbocycles. The molecule has 0 saturated carbocycles. The highest BCUT2D eigenvalue weighted by Gasteiger charge is 1.93. The fourth-order valence-corrected chi connectivity index (χ4v) is 1.04. The van der Waals surface area contributed by atoms with Crippen molar-refractivity contribution in [2.45, 2.75) is 13.5 Å². The van der Waals surface area contributed by atoms with Gasteiger partial charge in [-0.25, -0.2) is 0 Å². The summed E-state index contributed by atoms with van der Waals surface area (Å²) in [6.45, 7) is 3.08. The van der Waals surface area contributed by atoms with E-state index >= 15 is 0 Å². The smallest absolute Gasteiger partial charge is 0.0721 e. The van der Waals surface area contributed by atoms with Crippen molar-refractivity contribution in [1.29, 1.82) is 0 Å². The summed E-state index contributed by atoms with van der Waals surface area (Å²) in [6, 6.07) is 7.63. The highest BCUT2D eigenvalue weighted by molar-refractivity contribution is 6.25. The first kappa shape index (κ1) is 11.1. The molecule has 0 radical (unpaired) electrons. The van der Waals surface area contributed by atoms with Gasteiger partial charge in [0.15, 0.2) is 0 Å². The Bertz CT molecular complexity index is 306. The third kappa shape index (κ3) is 3.81. The molecule has 2 N–H and O–H groups in total. The molecule has 0 saturated heterocycles. The molecular formula is C11H14ClNO. The summed E-state index contributed by atoms with van der Waals surface area (Å²) in [7, 11) is 0. The average Bonchev–Trinajstić information content (AvgIpc) is 2.21. The van der Waals surface area contributed by atoms with Crippen molar-refractivity contribution in [3.63, 3.8) is 0 Å². The van der Waals surface area contributed by atoms with Crippen molar-refractivity contribution < 1.29 is 4.74 Å². The van der Waals surface area contributed by atoms with Crippen LogP contribution < -0.4 is 5.73 Å². The van der Waals surface area contributed by atoms with Crippen LogP contribution in [0.2, 0.25) is 0 Å². The molecule has 1 aromatic carbocycles. The zero-order valence-electron chi connectivity index (χ0n) is 8.16.